The van der Waals surface area contributed by atoms with Crippen LogP contribution in [0, 0.1) is 3.57 Å². The predicted molar refractivity (Wildman–Crippen MR) is 139 cm³/mol. The number of carbonyl (C=O) groups excluding carboxylic acids is 2. The Labute approximate surface area is 220 Å². The summed E-state index contributed by atoms with van der Waals surface area (Å²) in [6, 6.07) is 8.84. The normalized spacial score (nSPS) is 11.1. The fourth-order valence-electron chi connectivity index (χ4n) is 2.81. The standard InChI is InChI=1S/C22H19Br2IN2O6/c1-3-30-17-6-12(5-15(24)21(17)32-11-19(28)31-4-2)10-26-27-22(29)18-8-13-7-14(23)9-16(25)20(13)33-18/h5-10H,3-4,11H2,1-2H3,(H,27,29)/b26-10-. The van der Waals surface area contributed by atoms with E-state index in [2.05, 4.69) is 65.0 Å². The van der Waals surface area contributed by atoms with E-state index in [4.69, 9.17) is 18.6 Å². The van der Waals surface area contributed by atoms with Gasteiger partial charge in [-0.05, 0) is 88.3 Å². The number of esters is 1. The summed E-state index contributed by atoms with van der Waals surface area (Å²) in [5, 5.41) is 4.82. The molecule has 0 atom stereocenters. The average Bonchev–Trinajstić information content (AvgIpc) is 3.18. The van der Waals surface area contributed by atoms with Crippen molar-refractivity contribution in [3.05, 3.63) is 54.2 Å². The Bertz CT molecular complexity index is 1210. The van der Waals surface area contributed by atoms with Gasteiger partial charge in [-0.2, -0.15) is 5.10 Å². The highest BCUT2D eigenvalue weighted by Gasteiger charge is 2.16. The van der Waals surface area contributed by atoms with E-state index in [1.54, 1.807) is 25.1 Å². The maximum Gasteiger partial charge on any atom is 0.344 e. The van der Waals surface area contributed by atoms with Gasteiger partial charge in [0.05, 0.1) is 27.5 Å². The summed E-state index contributed by atoms with van der Waals surface area (Å²) in [6.07, 6.45) is 1.46. The molecule has 8 nitrogen and oxygen atoms in total. The van der Waals surface area contributed by atoms with Crippen molar-refractivity contribution in [2.24, 2.45) is 5.10 Å². The van der Waals surface area contributed by atoms with E-state index < -0.39 is 11.9 Å². The summed E-state index contributed by atoms with van der Waals surface area (Å²) in [7, 11) is 0. The molecule has 0 radical (unpaired) electrons. The summed E-state index contributed by atoms with van der Waals surface area (Å²) in [6.45, 7) is 3.97. The molecule has 2 aromatic carbocycles. The molecule has 0 fully saturated rings. The van der Waals surface area contributed by atoms with Crippen LogP contribution >= 0.6 is 54.5 Å². The van der Waals surface area contributed by atoms with Gasteiger partial charge in [0.15, 0.2) is 23.9 Å². The molecule has 1 aromatic heterocycles. The van der Waals surface area contributed by atoms with Crippen LogP contribution in [0.25, 0.3) is 11.0 Å². The van der Waals surface area contributed by atoms with Gasteiger partial charge in [0, 0.05) is 9.86 Å². The Morgan fingerprint density at radius 3 is 2.64 bits per heavy atom. The molecule has 11 heteroatoms. The molecule has 0 spiro atoms. The number of hydrogen-bond donors (Lipinski definition) is 1. The number of amides is 1. The van der Waals surface area contributed by atoms with E-state index in [9.17, 15) is 9.59 Å². The minimum atomic E-state index is -0.479. The lowest BCUT2D eigenvalue weighted by atomic mass is 10.2. The number of halogens is 3. The number of benzene rings is 2. The minimum Gasteiger partial charge on any atom is -0.490 e. The SMILES string of the molecule is CCOC(=O)COc1c(Br)cc(/C=N\NC(=O)c2cc3cc(Br)cc(I)c3o2)cc1OCC. The number of furan rings is 1. The first kappa shape index (κ1) is 25.5. The van der Waals surface area contributed by atoms with Crippen molar-refractivity contribution in [1.29, 1.82) is 0 Å². The van der Waals surface area contributed by atoms with Crippen LogP contribution in [0.5, 0.6) is 11.5 Å². The summed E-state index contributed by atoms with van der Waals surface area (Å²) in [5.74, 6) is -0.0201. The Morgan fingerprint density at radius 1 is 1.12 bits per heavy atom. The van der Waals surface area contributed by atoms with Crippen LogP contribution < -0.4 is 14.9 Å². The Morgan fingerprint density at radius 2 is 1.91 bits per heavy atom. The second-order valence-electron chi connectivity index (χ2n) is 6.47. The molecule has 1 amide bonds. The second-order valence-corrected chi connectivity index (χ2v) is 9.40. The van der Waals surface area contributed by atoms with Gasteiger partial charge in [-0.1, -0.05) is 15.9 Å². The van der Waals surface area contributed by atoms with Crippen molar-refractivity contribution in [3.63, 3.8) is 0 Å². The molecule has 33 heavy (non-hydrogen) atoms. The molecule has 0 aliphatic carbocycles. The van der Waals surface area contributed by atoms with Crippen LogP contribution in [-0.4, -0.2) is 37.9 Å². The van der Waals surface area contributed by atoms with Crippen LogP contribution in [0.4, 0.5) is 0 Å². The minimum absolute atomic E-state index is 0.150. The number of fused-ring (bicyclic) bond motifs is 1. The van der Waals surface area contributed by atoms with Gasteiger partial charge in [-0.3, -0.25) is 4.79 Å². The second kappa shape index (κ2) is 11.8. The topological polar surface area (TPSA) is 99.4 Å². The third-order valence-corrected chi connectivity index (χ3v) is 5.96. The summed E-state index contributed by atoms with van der Waals surface area (Å²) in [4.78, 5) is 24.1. The summed E-state index contributed by atoms with van der Waals surface area (Å²) < 4.78 is 24.1. The maximum atomic E-state index is 12.5. The maximum absolute atomic E-state index is 12.5. The van der Waals surface area contributed by atoms with Gasteiger partial charge in [-0.15, -0.1) is 0 Å². The molecule has 3 aromatic rings. The van der Waals surface area contributed by atoms with Gasteiger partial charge in [0.2, 0.25) is 0 Å². The molecule has 0 aliphatic rings. The van der Waals surface area contributed by atoms with Crippen molar-refractivity contribution in [3.8, 4) is 11.5 Å². The van der Waals surface area contributed by atoms with E-state index in [1.165, 1.54) is 6.21 Å². The highest BCUT2D eigenvalue weighted by molar-refractivity contribution is 14.1. The van der Waals surface area contributed by atoms with Gasteiger partial charge in [-0.25, -0.2) is 10.2 Å². The first-order valence-corrected chi connectivity index (χ1v) is 12.5. The van der Waals surface area contributed by atoms with E-state index in [0.717, 1.165) is 13.4 Å². The van der Waals surface area contributed by atoms with Crippen molar-refractivity contribution in [2.75, 3.05) is 19.8 Å². The number of nitrogens with one attached hydrogen (secondary N) is 1. The van der Waals surface area contributed by atoms with Crippen molar-refractivity contribution in [1.82, 2.24) is 5.43 Å². The van der Waals surface area contributed by atoms with E-state index >= 15 is 0 Å². The van der Waals surface area contributed by atoms with Crippen LogP contribution in [0.3, 0.4) is 0 Å². The van der Waals surface area contributed by atoms with Crippen molar-refractivity contribution in [2.45, 2.75) is 13.8 Å². The summed E-state index contributed by atoms with van der Waals surface area (Å²) in [5.41, 5.74) is 3.73. The highest BCUT2D eigenvalue weighted by atomic mass is 127. The Balaban J connectivity index is 1.73. The molecule has 0 unspecified atom stereocenters. The Kier molecular flexibility index (Phi) is 9.15. The molecule has 174 valence electrons. The average molecular weight is 694 g/mol. The molecule has 1 N–H and O–H groups in total. The van der Waals surface area contributed by atoms with Gasteiger partial charge in [0.1, 0.15) is 5.58 Å². The van der Waals surface area contributed by atoms with Crippen molar-refractivity contribution < 1.29 is 28.2 Å². The lowest BCUT2D eigenvalue weighted by Gasteiger charge is -2.14. The third kappa shape index (κ3) is 6.70. The smallest absolute Gasteiger partial charge is 0.344 e. The number of hydrogen-bond acceptors (Lipinski definition) is 7. The lowest BCUT2D eigenvalue weighted by Crippen LogP contribution is -2.17. The zero-order valence-electron chi connectivity index (χ0n) is 17.6. The molecule has 0 bridgehead atoms. The molecule has 3 rings (SSSR count). The quantitative estimate of drug-likeness (QED) is 0.134. The van der Waals surface area contributed by atoms with E-state index in [-0.39, 0.29) is 19.0 Å². The molecule has 0 saturated heterocycles. The molecule has 0 saturated carbocycles. The van der Waals surface area contributed by atoms with E-state index in [0.29, 0.717) is 33.7 Å². The number of hydrazone groups is 1. The summed E-state index contributed by atoms with van der Waals surface area (Å²) >= 11 is 9.00. The van der Waals surface area contributed by atoms with E-state index in [1.807, 2.05) is 19.1 Å². The fourth-order valence-corrected chi connectivity index (χ4v) is 5.04. The van der Waals surface area contributed by atoms with Crippen molar-refractivity contribution >= 4 is 83.5 Å². The number of carbonyl (C=O) groups is 2. The highest BCUT2D eigenvalue weighted by Crippen LogP contribution is 2.36. The molecule has 0 aliphatic heterocycles. The Hall–Kier alpha value is -2.12. The first-order chi connectivity index (χ1) is 15.8. The lowest BCUT2D eigenvalue weighted by molar-refractivity contribution is -0.145. The molecular weight excluding hydrogens is 675 g/mol. The van der Waals surface area contributed by atoms with Crippen LogP contribution in [0.2, 0.25) is 0 Å². The fraction of sp³-hybridized carbons (Fsp3) is 0.227. The largest absolute Gasteiger partial charge is 0.490 e. The number of nitrogens with zero attached hydrogens (tertiary/aromatic N) is 1. The monoisotopic (exact) mass is 692 g/mol. The number of ether oxygens (including phenoxy) is 3. The van der Waals surface area contributed by atoms with Crippen LogP contribution in [0.1, 0.15) is 30.0 Å². The third-order valence-electron chi connectivity index (χ3n) is 4.11. The van der Waals surface area contributed by atoms with Crippen LogP contribution in [-0.2, 0) is 9.53 Å². The van der Waals surface area contributed by atoms with Gasteiger partial charge < -0.3 is 18.6 Å². The van der Waals surface area contributed by atoms with Gasteiger partial charge >= 0.3 is 11.9 Å². The molecular formula is C22H19Br2IN2O6. The zero-order chi connectivity index (χ0) is 24.0. The van der Waals surface area contributed by atoms with Gasteiger partial charge in [0.25, 0.3) is 0 Å². The number of rotatable bonds is 9. The predicted octanol–water partition coefficient (Wildman–Crippen LogP) is 5.67. The zero-order valence-corrected chi connectivity index (χ0v) is 22.9. The molecule has 1 heterocycles. The first-order valence-electron chi connectivity index (χ1n) is 9.79. The van der Waals surface area contributed by atoms with Crippen LogP contribution in [0.15, 0.2) is 48.8 Å².